The largest absolute Gasteiger partial charge is 0.382 e. The Bertz CT molecular complexity index is 592. The van der Waals surface area contributed by atoms with Crippen molar-refractivity contribution < 1.29 is 0 Å². The van der Waals surface area contributed by atoms with Crippen LogP contribution in [0.4, 0.5) is 5.95 Å². The average Bonchev–Trinajstić information content (AvgIpc) is 2.86. The van der Waals surface area contributed by atoms with Gasteiger partial charge < -0.3 is 10.6 Å². The van der Waals surface area contributed by atoms with Crippen LogP contribution in [0.5, 0.6) is 0 Å². The number of hydrogen-bond donors (Lipinski definition) is 2. The van der Waals surface area contributed by atoms with E-state index in [9.17, 15) is 0 Å². The third kappa shape index (κ3) is 1.95. The van der Waals surface area contributed by atoms with Crippen molar-refractivity contribution >= 4 is 23.1 Å². The molecule has 0 saturated carbocycles. The van der Waals surface area contributed by atoms with Crippen LogP contribution in [-0.2, 0) is 13.0 Å². The van der Waals surface area contributed by atoms with Crippen LogP contribution in [-0.4, -0.2) is 22.3 Å². The van der Waals surface area contributed by atoms with Gasteiger partial charge in [-0.25, -0.2) is 9.97 Å². The van der Waals surface area contributed by atoms with Crippen molar-refractivity contribution in [3.63, 3.8) is 0 Å². The zero-order valence-corrected chi connectivity index (χ0v) is 10.6. The summed E-state index contributed by atoms with van der Waals surface area (Å²) in [5.41, 5.74) is 7.28. The zero-order valence-electron chi connectivity index (χ0n) is 9.76. The number of nitrogens with zero attached hydrogens (tertiary/aromatic N) is 3. The minimum Gasteiger partial charge on any atom is -0.382 e. The molecule has 5 nitrogen and oxygen atoms in total. The minimum atomic E-state index is -0.0214. The van der Waals surface area contributed by atoms with Gasteiger partial charge >= 0.3 is 0 Å². The van der Waals surface area contributed by atoms with Gasteiger partial charge in [0.2, 0.25) is 5.95 Å². The summed E-state index contributed by atoms with van der Waals surface area (Å²) in [4.78, 5) is 12.2. The molecule has 0 spiro atoms. The maximum Gasteiger partial charge on any atom is 0.226 e. The molecule has 92 valence electrons. The Balaban J connectivity index is 1.88. The third-order valence-corrected chi connectivity index (χ3v) is 4.03. The normalized spacial score (nSPS) is 14.3. The first kappa shape index (κ1) is 11.2. The van der Waals surface area contributed by atoms with Gasteiger partial charge in [-0.1, -0.05) is 0 Å². The molecular weight excluding hydrogens is 246 g/mol. The molecule has 1 aliphatic heterocycles. The quantitative estimate of drug-likeness (QED) is 0.631. The van der Waals surface area contributed by atoms with E-state index in [2.05, 4.69) is 26.3 Å². The van der Waals surface area contributed by atoms with Crippen molar-refractivity contribution in [2.75, 3.05) is 11.4 Å². The third-order valence-electron chi connectivity index (χ3n) is 3.01. The molecule has 0 saturated heterocycles. The van der Waals surface area contributed by atoms with E-state index in [4.69, 9.17) is 11.1 Å². The first-order valence-electron chi connectivity index (χ1n) is 5.71. The molecular formula is C12H13N5S. The molecule has 0 bridgehead atoms. The number of aromatic nitrogens is 2. The molecule has 3 heterocycles. The topological polar surface area (TPSA) is 78.9 Å². The standard InChI is InChI=1S/C12H13N5S/c13-11(14)9-1-4-15-12(16-9)17-5-2-10-8(7-17)3-6-18-10/h1,3-4,6H,2,5,7H2,(H3,13,14). The predicted octanol–water partition coefficient (Wildman–Crippen LogP) is 1.38. The number of fused-ring (bicyclic) bond motifs is 1. The lowest BCUT2D eigenvalue weighted by atomic mass is 10.1. The summed E-state index contributed by atoms with van der Waals surface area (Å²) in [6.45, 7) is 1.75. The summed E-state index contributed by atoms with van der Waals surface area (Å²) in [5.74, 6) is 0.631. The van der Waals surface area contributed by atoms with Gasteiger partial charge in [-0.15, -0.1) is 11.3 Å². The Morgan fingerprint density at radius 1 is 1.44 bits per heavy atom. The van der Waals surface area contributed by atoms with Crippen molar-refractivity contribution in [1.82, 2.24) is 9.97 Å². The lowest BCUT2D eigenvalue weighted by Crippen LogP contribution is -2.31. The molecule has 0 radical (unpaired) electrons. The van der Waals surface area contributed by atoms with Gasteiger partial charge in [0.1, 0.15) is 11.5 Å². The van der Waals surface area contributed by atoms with E-state index in [-0.39, 0.29) is 5.84 Å². The molecule has 0 atom stereocenters. The van der Waals surface area contributed by atoms with Crippen molar-refractivity contribution in [2.24, 2.45) is 5.73 Å². The number of rotatable bonds is 2. The fourth-order valence-corrected chi connectivity index (χ4v) is 2.96. The molecule has 0 amide bonds. The lowest BCUT2D eigenvalue weighted by Gasteiger charge is -2.27. The Hall–Kier alpha value is -1.95. The Labute approximate surface area is 109 Å². The van der Waals surface area contributed by atoms with Crippen molar-refractivity contribution in [3.05, 3.63) is 39.8 Å². The summed E-state index contributed by atoms with van der Waals surface area (Å²) in [7, 11) is 0. The van der Waals surface area contributed by atoms with E-state index < -0.39 is 0 Å². The first-order chi connectivity index (χ1) is 8.74. The van der Waals surface area contributed by atoms with Gasteiger partial charge in [0.15, 0.2) is 0 Å². The zero-order chi connectivity index (χ0) is 12.5. The van der Waals surface area contributed by atoms with Gasteiger partial charge in [-0.05, 0) is 29.5 Å². The van der Waals surface area contributed by atoms with Crippen molar-refractivity contribution in [3.8, 4) is 0 Å². The average molecular weight is 259 g/mol. The van der Waals surface area contributed by atoms with Crippen LogP contribution in [0.25, 0.3) is 0 Å². The van der Waals surface area contributed by atoms with Gasteiger partial charge in [-0.3, -0.25) is 5.41 Å². The summed E-state index contributed by atoms with van der Waals surface area (Å²) in [6, 6.07) is 3.81. The minimum absolute atomic E-state index is 0.0214. The highest BCUT2D eigenvalue weighted by Gasteiger charge is 2.19. The van der Waals surface area contributed by atoms with Crippen molar-refractivity contribution in [1.29, 1.82) is 5.41 Å². The summed E-state index contributed by atoms with van der Waals surface area (Å²) < 4.78 is 0. The summed E-state index contributed by atoms with van der Waals surface area (Å²) >= 11 is 1.81. The number of thiophene rings is 1. The predicted molar refractivity (Wildman–Crippen MR) is 72.1 cm³/mol. The van der Waals surface area contributed by atoms with Crippen LogP contribution in [0.3, 0.4) is 0 Å². The Morgan fingerprint density at radius 2 is 2.33 bits per heavy atom. The molecule has 3 N–H and O–H groups in total. The second kappa shape index (κ2) is 4.38. The molecule has 3 rings (SSSR count). The van der Waals surface area contributed by atoms with Gasteiger partial charge in [-0.2, -0.15) is 0 Å². The summed E-state index contributed by atoms with van der Waals surface area (Å²) in [5, 5.41) is 9.54. The second-order valence-corrected chi connectivity index (χ2v) is 5.20. The molecule has 0 unspecified atom stereocenters. The first-order valence-corrected chi connectivity index (χ1v) is 6.59. The smallest absolute Gasteiger partial charge is 0.226 e. The molecule has 1 aliphatic rings. The monoisotopic (exact) mass is 259 g/mol. The van der Waals surface area contributed by atoms with E-state index in [1.54, 1.807) is 12.3 Å². The van der Waals surface area contributed by atoms with Crippen LogP contribution in [0.1, 0.15) is 16.1 Å². The second-order valence-electron chi connectivity index (χ2n) is 4.20. The van der Waals surface area contributed by atoms with E-state index in [1.807, 2.05) is 11.3 Å². The van der Waals surface area contributed by atoms with Gasteiger partial charge in [0.05, 0.1) is 0 Å². The molecule has 6 heteroatoms. The van der Waals surface area contributed by atoms with Crippen LogP contribution in [0.2, 0.25) is 0 Å². The fraction of sp³-hybridized carbons (Fsp3) is 0.250. The van der Waals surface area contributed by atoms with E-state index in [0.29, 0.717) is 11.6 Å². The van der Waals surface area contributed by atoms with Crippen LogP contribution in [0.15, 0.2) is 23.7 Å². The number of hydrogen-bond acceptors (Lipinski definition) is 5. The Morgan fingerprint density at radius 3 is 3.17 bits per heavy atom. The summed E-state index contributed by atoms with van der Waals surface area (Å²) in [6.07, 6.45) is 2.68. The van der Waals surface area contributed by atoms with E-state index in [1.165, 1.54) is 10.4 Å². The molecule has 18 heavy (non-hydrogen) atoms. The highest BCUT2D eigenvalue weighted by Crippen LogP contribution is 2.25. The number of nitrogens with two attached hydrogens (primary N) is 1. The van der Waals surface area contributed by atoms with Gasteiger partial charge in [0.25, 0.3) is 0 Å². The molecule has 0 aromatic carbocycles. The van der Waals surface area contributed by atoms with Crippen molar-refractivity contribution in [2.45, 2.75) is 13.0 Å². The molecule has 0 fully saturated rings. The number of amidine groups is 1. The molecule has 2 aromatic rings. The molecule has 2 aromatic heterocycles. The highest BCUT2D eigenvalue weighted by molar-refractivity contribution is 7.10. The maximum atomic E-state index is 7.41. The molecule has 0 aliphatic carbocycles. The van der Waals surface area contributed by atoms with Gasteiger partial charge in [0, 0.05) is 24.2 Å². The van der Waals surface area contributed by atoms with Crippen LogP contribution < -0.4 is 10.6 Å². The number of nitrogens with one attached hydrogen (secondary N) is 1. The fourth-order valence-electron chi connectivity index (χ4n) is 2.07. The number of anilines is 1. The highest BCUT2D eigenvalue weighted by atomic mass is 32.1. The lowest BCUT2D eigenvalue weighted by molar-refractivity contribution is 0.717. The SMILES string of the molecule is N=C(N)c1ccnc(N2CCc3sccc3C2)n1. The number of nitrogen functional groups attached to an aromatic ring is 1. The van der Waals surface area contributed by atoms with E-state index in [0.717, 1.165) is 19.5 Å². The van der Waals surface area contributed by atoms with Crippen LogP contribution >= 0.6 is 11.3 Å². The van der Waals surface area contributed by atoms with E-state index >= 15 is 0 Å². The van der Waals surface area contributed by atoms with Crippen LogP contribution in [0, 0.1) is 5.41 Å². The maximum absolute atomic E-state index is 7.41. The Kier molecular flexibility index (Phi) is 2.71.